The van der Waals surface area contributed by atoms with Crippen molar-refractivity contribution in [1.82, 2.24) is 15.2 Å². The molecule has 6 heteroatoms. The standard InChI is InChI=1S/C24H34N4O2/c1-19(2)18-30-22-9-7-21(8-10-22)16-24(29)26-20(3)17-27-12-14-28(15-13-27)23-6-4-5-11-25-23/h4-11,19-20H,12-18H2,1-3H3,(H,26,29). The molecule has 0 aliphatic carbocycles. The van der Waals surface area contributed by atoms with Crippen LogP contribution in [0.2, 0.25) is 0 Å². The second-order valence-corrected chi connectivity index (χ2v) is 8.47. The van der Waals surface area contributed by atoms with Crippen LogP contribution in [-0.2, 0) is 11.2 Å². The molecule has 30 heavy (non-hydrogen) atoms. The molecular weight excluding hydrogens is 376 g/mol. The first-order chi connectivity index (χ1) is 14.5. The van der Waals surface area contributed by atoms with Crippen LogP contribution in [0.25, 0.3) is 0 Å². The molecule has 1 aromatic heterocycles. The lowest BCUT2D eigenvalue weighted by Crippen LogP contribution is -2.51. The number of nitrogens with one attached hydrogen (secondary N) is 1. The second-order valence-electron chi connectivity index (χ2n) is 8.47. The number of hydrogen-bond donors (Lipinski definition) is 1. The molecule has 1 atom stereocenters. The molecule has 6 nitrogen and oxygen atoms in total. The summed E-state index contributed by atoms with van der Waals surface area (Å²) in [5.41, 5.74) is 1.00. The number of carbonyl (C=O) groups is 1. The molecule has 1 aliphatic rings. The van der Waals surface area contributed by atoms with Gasteiger partial charge in [-0.25, -0.2) is 4.98 Å². The van der Waals surface area contributed by atoms with Crippen LogP contribution in [0.5, 0.6) is 5.75 Å². The summed E-state index contributed by atoms with van der Waals surface area (Å²) < 4.78 is 5.70. The first-order valence-corrected chi connectivity index (χ1v) is 10.9. The van der Waals surface area contributed by atoms with Gasteiger partial charge in [-0.3, -0.25) is 9.69 Å². The van der Waals surface area contributed by atoms with Gasteiger partial charge in [0.05, 0.1) is 13.0 Å². The third-order valence-corrected chi connectivity index (χ3v) is 5.16. The quantitative estimate of drug-likeness (QED) is 0.689. The highest BCUT2D eigenvalue weighted by atomic mass is 16.5. The number of piperazine rings is 1. The fraction of sp³-hybridized carbons (Fsp3) is 0.500. The Morgan fingerprint density at radius 2 is 1.80 bits per heavy atom. The lowest BCUT2D eigenvalue weighted by molar-refractivity contribution is -0.121. The third kappa shape index (κ3) is 7.02. The zero-order valence-corrected chi connectivity index (χ0v) is 18.4. The van der Waals surface area contributed by atoms with E-state index in [1.807, 2.05) is 42.6 Å². The molecule has 1 unspecified atom stereocenters. The van der Waals surface area contributed by atoms with Crippen LogP contribution in [0.15, 0.2) is 48.7 Å². The minimum absolute atomic E-state index is 0.0606. The summed E-state index contributed by atoms with van der Waals surface area (Å²) in [4.78, 5) is 21.6. The van der Waals surface area contributed by atoms with Crippen LogP contribution < -0.4 is 15.0 Å². The fourth-order valence-corrected chi connectivity index (χ4v) is 3.61. The van der Waals surface area contributed by atoms with Gasteiger partial charge in [0.1, 0.15) is 11.6 Å². The number of pyridine rings is 1. The van der Waals surface area contributed by atoms with Crippen LogP contribution in [0.4, 0.5) is 5.82 Å². The summed E-state index contributed by atoms with van der Waals surface area (Å²) in [6, 6.07) is 14.0. The van der Waals surface area contributed by atoms with E-state index in [9.17, 15) is 4.79 Å². The molecule has 1 fully saturated rings. The van der Waals surface area contributed by atoms with Crippen molar-refractivity contribution in [3.05, 3.63) is 54.2 Å². The average Bonchev–Trinajstić information content (AvgIpc) is 2.74. The summed E-state index contributed by atoms with van der Waals surface area (Å²) in [6.07, 6.45) is 2.23. The number of carbonyl (C=O) groups excluding carboxylic acids is 1. The van der Waals surface area contributed by atoms with E-state index in [2.05, 4.69) is 46.9 Å². The van der Waals surface area contributed by atoms with Crippen molar-refractivity contribution in [2.45, 2.75) is 33.2 Å². The van der Waals surface area contributed by atoms with Gasteiger partial charge in [0.15, 0.2) is 0 Å². The smallest absolute Gasteiger partial charge is 0.224 e. The van der Waals surface area contributed by atoms with Crippen LogP contribution in [-0.4, -0.2) is 61.2 Å². The van der Waals surface area contributed by atoms with E-state index in [0.29, 0.717) is 18.9 Å². The molecule has 2 aromatic rings. The number of benzene rings is 1. The minimum Gasteiger partial charge on any atom is -0.493 e. The van der Waals surface area contributed by atoms with Gasteiger partial charge in [-0.05, 0) is 42.7 Å². The molecule has 1 saturated heterocycles. The van der Waals surface area contributed by atoms with Gasteiger partial charge in [-0.15, -0.1) is 0 Å². The molecular formula is C24H34N4O2. The van der Waals surface area contributed by atoms with Gasteiger partial charge in [-0.1, -0.05) is 32.0 Å². The molecule has 0 saturated carbocycles. The first kappa shape index (κ1) is 22.1. The zero-order valence-electron chi connectivity index (χ0n) is 18.4. The topological polar surface area (TPSA) is 57.7 Å². The third-order valence-electron chi connectivity index (χ3n) is 5.16. The van der Waals surface area contributed by atoms with Gasteiger partial charge in [0.2, 0.25) is 5.91 Å². The van der Waals surface area contributed by atoms with Gasteiger partial charge >= 0.3 is 0 Å². The number of rotatable bonds is 9. The molecule has 0 spiro atoms. The van der Waals surface area contributed by atoms with Crippen LogP contribution in [0.1, 0.15) is 26.3 Å². The fourth-order valence-electron chi connectivity index (χ4n) is 3.61. The summed E-state index contributed by atoms with van der Waals surface area (Å²) >= 11 is 0. The SMILES string of the molecule is CC(C)COc1ccc(CC(=O)NC(C)CN2CCN(c3ccccn3)CC2)cc1. The maximum atomic E-state index is 12.4. The van der Waals surface area contributed by atoms with Gasteiger partial charge in [0.25, 0.3) is 0 Å². The van der Waals surface area contributed by atoms with Crippen molar-refractivity contribution >= 4 is 11.7 Å². The molecule has 0 radical (unpaired) electrons. The largest absolute Gasteiger partial charge is 0.493 e. The second kappa shape index (κ2) is 11.0. The number of aromatic nitrogens is 1. The minimum atomic E-state index is 0.0606. The van der Waals surface area contributed by atoms with Crippen LogP contribution >= 0.6 is 0 Å². The van der Waals surface area contributed by atoms with Gasteiger partial charge in [0, 0.05) is 45.0 Å². The van der Waals surface area contributed by atoms with Crippen molar-refractivity contribution < 1.29 is 9.53 Å². The van der Waals surface area contributed by atoms with E-state index in [1.165, 1.54) is 0 Å². The Morgan fingerprint density at radius 3 is 2.43 bits per heavy atom. The molecule has 162 valence electrons. The summed E-state index contributed by atoms with van der Waals surface area (Å²) in [6.45, 7) is 11.8. The van der Waals surface area contributed by atoms with Crippen molar-refractivity contribution in [2.75, 3.05) is 44.2 Å². The molecule has 1 amide bonds. The number of ether oxygens (including phenoxy) is 1. The predicted molar refractivity (Wildman–Crippen MR) is 121 cm³/mol. The Hall–Kier alpha value is -2.60. The van der Waals surface area contributed by atoms with Gasteiger partial charge < -0.3 is 15.0 Å². The van der Waals surface area contributed by atoms with E-state index >= 15 is 0 Å². The number of anilines is 1. The summed E-state index contributed by atoms with van der Waals surface area (Å²) in [5.74, 6) is 2.45. The first-order valence-electron chi connectivity index (χ1n) is 10.9. The maximum absolute atomic E-state index is 12.4. The van der Waals surface area contributed by atoms with Gasteiger partial charge in [-0.2, -0.15) is 0 Å². The lowest BCUT2D eigenvalue weighted by Gasteiger charge is -2.36. The van der Waals surface area contributed by atoms with Crippen molar-refractivity contribution in [1.29, 1.82) is 0 Å². The van der Waals surface area contributed by atoms with Crippen LogP contribution in [0, 0.1) is 5.92 Å². The van der Waals surface area contributed by atoms with Crippen molar-refractivity contribution in [3.8, 4) is 5.75 Å². The Balaban J connectivity index is 1.37. The Labute approximate surface area is 180 Å². The predicted octanol–water partition coefficient (Wildman–Crippen LogP) is 2.99. The molecule has 1 aromatic carbocycles. The Kier molecular flexibility index (Phi) is 8.08. The summed E-state index contributed by atoms with van der Waals surface area (Å²) in [7, 11) is 0. The highest BCUT2D eigenvalue weighted by Crippen LogP contribution is 2.14. The molecule has 2 heterocycles. The number of nitrogens with zero attached hydrogens (tertiary/aromatic N) is 3. The van der Waals surface area contributed by atoms with E-state index in [0.717, 1.165) is 49.9 Å². The highest BCUT2D eigenvalue weighted by Gasteiger charge is 2.20. The van der Waals surface area contributed by atoms with Crippen LogP contribution in [0.3, 0.4) is 0 Å². The normalized spacial score (nSPS) is 15.8. The van der Waals surface area contributed by atoms with E-state index in [4.69, 9.17) is 4.74 Å². The maximum Gasteiger partial charge on any atom is 0.224 e. The van der Waals surface area contributed by atoms with Crippen molar-refractivity contribution in [2.24, 2.45) is 5.92 Å². The number of hydrogen-bond acceptors (Lipinski definition) is 5. The zero-order chi connectivity index (χ0) is 21.3. The average molecular weight is 411 g/mol. The lowest BCUT2D eigenvalue weighted by atomic mass is 10.1. The Bertz CT molecular complexity index is 772. The number of amides is 1. The molecule has 3 rings (SSSR count). The monoisotopic (exact) mass is 410 g/mol. The summed E-state index contributed by atoms with van der Waals surface area (Å²) in [5, 5.41) is 3.14. The highest BCUT2D eigenvalue weighted by molar-refractivity contribution is 5.78. The van der Waals surface area contributed by atoms with E-state index in [-0.39, 0.29) is 11.9 Å². The molecule has 0 bridgehead atoms. The van der Waals surface area contributed by atoms with Crippen molar-refractivity contribution in [3.63, 3.8) is 0 Å². The van der Waals surface area contributed by atoms with E-state index in [1.54, 1.807) is 0 Å². The molecule has 1 N–H and O–H groups in total. The molecule has 1 aliphatic heterocycles. The Morgan fingerprint density at radius 1 is 1.07 bits per heavy atom. The van der Waals surface area contributed by atoms with E-state index < -0.39 is 0 Å².